The van der Waals surface area contributed by atoms with Gasteiger partial charge in [0.1, 0.15) is 0 Å². The van der Waals surface area contributed by atoms with E-state index < -0.39 is 16.1 Å². The molecule has 0 aliphatic carbocycles. The van der Waals surface area contributed by atoms with E-state index in [4.69, 9.17) is 0 Å². The molecule has 0 saturated heterocycles. The Bertz CT molecular complexity index is 795. The summed E-state index contributed by atoms with van der Waals surface area (Å²) in [6, 6.07) is 13.5. The van der Waals surface area contributed by atoms with Gasteiger partial charge in [0.05, 0.1) is 16.7 Å². The molecule has 2 rings (SSSR count). The highest BCUT2D eigenvalue weighted by molar-refractivity contribution is 7.92. The van der Waals surface area contributed by atoms with Crippen LogP contribution in [0.4, 0.5) is 5.69 Å². The fourth-order valence-electron chi connectivity index (χ4n) is 2.24. The lowest BCUT2D eigenvalue weighted by molar-refractivity contribution is 0.179. The van der Waals surface area contributed by atoms with E-state index in [1.807, 2.05) is 13.8 Å². The lowest BCUT2D eigenvalue weighted by atomic mass is 10.0. The van der Waals surface area contributed by atoms with E-state index in [1.165, 1.54) is 0 Å². The fraction of sp³-hybridized carbons (Fsp3) is 0.222. The number of para-hydroxylation sites is 1. The molecule has 0 unspecified atom stereocenters. The van der Waals surface area contributed by atoms with Crippen LogP contribution in [0.25, 0.3) is 0 Å². The maximum absolute atomic E-state index is 12.5. The predicted octanol–water partition coefficient (Wildman–Crippen LogP) is 3.80. The molecular formula is C18H21NO3S. The smallest absolute Gasteiger partial charge is 0.261 e. The average Bonchev–Trinajstić information content (AvgIpc) is 2.47. The molecule has 5 heteroatoms. The van der Waals surface area contributed by atoms with Crippen molar-refractivity contribution in [2.75, 3.05) is 4.72 Å². The van der Waals surface area contributed by atoms with Gasteiger partial charge in [-0.3, -0.25) is 4.72 Å². The summed E-state index contributed by atoms with van der Waals surface area (Å²) in [5.74, 6) is 0. The molecule has 122 valence electrons. The Balaban J connectivity index is 2.32. The van der Waals surface area contributed by atoms with Crippen LogP contribution in [0.3, 0.4) is 0 Å². The van der Waals surface area contributed by atoms with Crippen molar-refractivity contribution in [3.8, 4) is 0 Å². The number of hydrogen-bond donors (Lipinski definition) is 2. The van der Waals surface area contributed by atoms with Crippen LogP contribution in [0.2, 0.25) is 0 Å². The Morgan fingerprint density at radius 2 is 1.78 bits per heavy atom. The summed E-state index contributed by atoms with van der Waals surface area (Å²) in [5.41, 5.74) is 2.72. The first-order chi connectivity index (χ1) is 10.8. The van der Waals surface area contributed by atoms with Crippen molar-refractivity contribution in [1.29, 1.82) is 0 Å². The molecule has 2 aromatic carbocycles. The van der Waals surface area contributed by atoms with Crippen LogP contribution in [0.5, 0.6) is 0 Å². The molecule has 4 nitrogen and oxygen atoms in total. The number of rotatable bonds is 6. The third-order valence-corrected chi connectivity index (χ3v) is 4.82. The van der Waals surface area contributed by atoms with Gasteiger partial charge >= 0.3 is 0 Å². The van der Waals surface area contributed by atoms with Crippen LogP contribution in [0, 0.1) is 6.92 Å². The molecule has 0 bridgehead atoms. The quantitative estimate of drug-likeness (QED) is 0.791. The summed E-state index contributed by atoms with van der Waals surface area (Å²) in [6.07, 6.45) is -0.423. The molecule has 23 heavy (non-hydrogen) atoms. The molecule has 0 aromatic heterocycles. The van der Waals surface area contributed by atoms with E-state index in [-0.39, 0.29) is 4.90 Å². The van der Waals surface area contributed by atoms with Crippen LogP contribution < -0.4 is 4.72 Å². The van der Waals surface area contributed by atoms with Crippen LogP contribution in [0.15, 0.2) is 65.6 Å². The molecule has 0 amide bonds. The number of anilines is 1. The molecule has 2 aromatic rings. The molecule has 2 N–H and O–H groups in total. The van der Waals surface area contributed by atoms with E-state index in [9.17, 15) is 13.5 Å². The molecule has 0 aliphatic heterocycles. The van der Waals surface area contributed by atoms with Crippen molar-refractivity contribution in [2.45, 2.75) is 31.3 Å². The predicted molar refractivity (Wildman–Crippen MR) is 92.8 cm³/mol. The van der Waals surface area contributed by atoms with E-state index in [1.54, 1.807) is 48.5 Å². The van der Waals surface area contributed by atoms with Gasteiger partial charge in [0.2, 0.25) is 0 Å². The van der Waals surface area contributed by atoms with E-state index in [2.05, 4.69) is 11.3 Å². The van der Waals surface area contributed by atoms with E-state index in [0.29, 0.717) is 17.7 Å². The van der Waals surface area contributed by atoms with E-state index >= 15 is 0 Å². The zero-order chi connectivity index (χ0) is 17.0. The molecule has 0 heterocycles. The zero-order valence-corrected chi connectivity index (χ0v) is 14.1. The van der Waals surface area contributed by atoms with Gasteiger partial charge < -0.3 is 5.11 Å². The lowest BCUT2D eigenvalue weighted by Gasteiger charge is -2.17. The summed E-state index contributed by atoms with van der Waals surface area (Å²) >= 11 is 0. The number of sulfonamides is 1. The Morgan fingerprint density at radius 3 is 2.39 bits per heavy atom. The van der Waals surface area contributed by atoms with Gasteiger partial charge in [-0.25, -0.2) is 8.42 Å². The van der Waals surface area contributed by atoms with Crippen molar-refractivity contribution in [3.63, 3.8) is 0 Å². The van der Waals surface area contributed by atoms with Gasteiger partial charge in [0.25, 0.3) is 10.0 Å². The highest BCUT2D eigenvalue weighted by Gasteiger charge is 2.18. The minimum absolute atomic E-state index is 0.187. The first-order valence-corrected chi connectivity index (χ1v) is 8.79. The van der Waals surface area contributed by atoms with Gasteiger partial charge in [0.15, 0.2) is 0 Å². The minimum Gasteiger partial charge on any atom is -0.388 e. The highest BCUT2D eigenvalue weighted by Crippen LogP contribution is 2.28. The highest BCUT2D eigenvalue weighted by atomic mass is 32.2. The second-order valence-corrected chi connectivity index (χ2v) is 7.37. The molecule has 0 radical (unpaired) electrons. The monoisotopic (exact) mass is 331 g/mol. The lowest BCUT2D eigenvalue weighted by Crippen LogP contribution is -2.15. The van der Waals surface area contributed by atoms with Crippen molar-refractivity contribution in [3.05, 3.63) is 71.8 Å². The third-order valence-electron chi connectivity index (χ3n) is 3.44. The molecule has 0 aliphatic rings. The second-order valence-electron chi connectivity index (χ2n) is 5.68. The minimum atomic E-state index is -3.70. The van der Waals surface area contributed by atoms with Gasteiger partial charge in [-0.2, -0.15) is 0 Å². The first kappa shape index (κ1) is 17.2. The van der Waals surface area contributed by atoms with Crippen molar-refractivity contribution < 1.29 is 13.5 Å². The standard InChI is InChI=1S/C18H21NO3S/c1-13(2)12-18(20)16-6-4-5-7-17(16)19-23(21,22)15-10-8-14(3)9-11-15/h4-11,18-20H,1,12H2,2-3H3/t18-/m0/s1. The normalized spacial score (nSPS) is 12.7. The largest absolute Gasteiger partial charge is 0.388 e. The molecule has 0 spiro atoms. The Hall–Kier alpha value is -2.11. The topological polar surface area (TPSA) is 66.4 Å². The Morgan fingerprint density at radius 1 is 1.17 bits per heavy atom. The number of aliphatic hydroxyl groups excluding tert-OH is 1. The third kappa shape index (κ3) is 4.43. The maximum Gasteiger partial charge on any atom is 0.261 e. The van der Waals surface area contributed by atoms with Crippen LogP contribution in [-0.4, -0.2) is 13.5 Å². The Kier molecular flexibility index (Phi) is 5.23. The zero-order valence-electron chi connectivity index (χ0n) is 13.3. The maximum atomic E-state index is 12.5. The van der Waals surface area contributed by atoms with Gasteiger partial charge in [0, 0.05) is 5.56 Å². The first-order valence-electron chi connectivity index (χ1n) is 7.30. The van der Waals surface area contributed by atoms with E-state index in [0.717, 1.165) is 11.1 Å². The molecule has 0 saturated carbocycles. The summed E-state index contributed by atoms with van der Waals surface area (Å²) in [7, 11) is -3.70. The molecule has 0 fully saturated rings. The van der Waals surface area contributed by atoms with Crippen molar-refractivity contribution in [2.24, 2.45) is 0 Å². The average molecular weight is 331 g/mol. The molecular weight excluding hydrogens is 310 g/mol. The summed E-state index contributed by atoms with van der Waals surface area (Å²) < 4.78 is 27.6. The number of aliphatic hydroxyl groups is 1. The Labute approximate surface area is 137 Å². The number of aryl methyl sites for hydroxylation is 1. The van der Waals surface area contributed by atoms with Gasteiger partial charge in [-0.1, -0.05) is 41.5 Å². The van der Waals surface area contributed by atoms with Crippen LogP contribution >= 0.6 is 0 Å². The second kappa shape index (κ2) is 6.98. The number of hydrogen-bond acceptors (Lipinski definition) is 3. The van der Waals surface area contributed by atoms with Crippen molar-refractivity contribution >= 4 is 15.7 Å². The van der Waals surface area contributed by atoms with Crippen LogP contribution in [0.1, 0.15) is 30.6 Å². The van der Waals surface area contributed by atoms with Crippen LogP contribution in [-0.2, 0) is 10.0 Å². The van der Waals surface area contributed by atoms with Gasteiger partial charge in [-0.15, -0.1) is 6.58 Å². The molecule has 1 atom stereocenters. The van der Waals surface area contributed by atoms with Gasteiger partial charge in [-0.05, 0) is 38.5 Å². The van der Waals surface area contributed by atoms with Crippen molar-refractivity contribution in [1.82, 2.24) is 0 Å². The number of nitrogens with one attached hydrogen (secondary N) is 1. The SMILES string of the molecule is C=C(C)C[C@H](O)c1ccccc1NS(=O)(=O)c1ccc(C)cc1. The fourth-order valence-corrected chi connectivity index (χ4v) is 3.33. The summed E-state index contributed by atoms with van der Waals surface area (Å²) in [6.45, 7) is 7.50. The summed E-state index contributed by atoms with van der Waals surface area (Å²) in [5, 5.41) is 10.3. The number of benzene rings is 2. The summed E-state index contributed by atoms with van der Waals surface area (Å²) in [4.78, 5) is 0.187.